The molecule has 0 bridgehead atoms. The van der Waals surface area contributed by atoms with Crippen LogP contribution >= 0.6 is 11.8 Å². The Hall–Kier alpha value is -2.30. The molecule has 1 aromatic rings. The molecule has 0 fully saturated rings. The quantitative estimate of drug-likeness (QED) is 0.257. The first-order valence-electron chi connectivity index (χ1n) is 8.85. The number of nitro groups is 1. The zero-order valence-electron chi connectivity index (χ0n) is 16.7. The van der Waals surface area contributed by atoms with E-state index >= 15 is 0 Å². The van der Waals surface area contributed by atoms with Crippen molar-refractivity contribution in [3.63, 3.8) is 0 Å². The van der Waals surface area contributed by atoms with Crippen LogP contribution in [0.5, 0.6) is 0 Å². The normalized spacial score (nSPS) is 13.5. The summed E-state index contributed by atoms with van der Waals surface area (Å²) in [4.78, 5) is 35.8. The number of carbonyl (C=O) groups is 2. The van der Waals surface area contributed by atoms with Crippen molar-refractivity contribution in [3.05, 3.63) is 33.4 Å². The van der Waals surface area contributed by atoms with Crippen molar-refractivity contribution in [2.24, 2.45) is 0 Å². The fourth-order valence-electron chi connectivity index (χ4n) is 2.38. The molecule has 7 nitrogen and oxygen atoms in total. The topological polar surface area (TPSA) is 89.8 Å². The van der Waals surface area contributed by atoms with Gasteiger partial charge in [0.2, 0.25) is 0 Å². The molecule has 11 heteroatoms. The third-order valence-electron chi connectivity index (χ3n) is 4.33. The minimum atomic E-state index is -4.92. The molecular formula is C18H23F3N2O5S. The zero-order valence-corrected chi connectivity index (χ0v) is 17.5. The number of rotatable bonds is 8. The fourth-order valence-corrected chi connectivity index (χ4v) is 3.36. The van der Waals surface area contributed by atoms with Gasteiger partial charge in [0.1, 0.15) is 5.25 Å². The van der Waals surface area contributed by atoms with E-state index in [9.17, 15) is 32.9 Å². The van der Waals surface area contributed by atoms with E-state index in [2.05, 4.69) is 0 Å². The number of hydrogen-bond donors (Lipinski definition) is 0. The van der Waals surface area contributed by atoms with Crippen LogP contribution in [0.2, 0.25) is 0 Å². The van der Waals surface area contributed by atoms with Crippen molar-refractivity contribution in [2.75, 3.05) is 13.7 Å². The number of nitrogens with zero attached hydrogens (tertiary/aromatic N) is 2. The average Bonchev–Trinajstić information content (AvgIpc) is 2.64. The van der Waals surface area contributed by atoms with Gasteiger partial charge in [-0.2, -0.15) is 13.2 Å². The van der Waals surface area contributed by atoms with E-state index < -0.39 is 45.0 Å². The number of halogens is 3. The van der Waals surface area contributed by atoms with E-state index in [0.717, 1.165) is 4.90 Å². The minimum Gasteiger partial charge on any atom is -0.465 e. The summed E-state index contributed by atoms with van der Waals surface area (Å²) in [5, 5.41) is 10.5. The Balaban J connectivity index is 3.56. The van der Waals surface area contributed by atoms with Crippen LogP contribution in [0, 0.1) is 10.1 Å². The number of benzene rings is 1. The third-order valence-corrected chi connectivity index (χ3v) is 5.45. The lowest BCUT2D eigenvalue weighted by Gasteiger charge is -2.25. The van der Waals surface area contributed by atoms with Gasteiger partial charge in [-0.1, -0.05) is 6.92 Å². The van der Waals surface area contributed by atoms with Crippen LogP contribution in [-0.4, -0.2) is 46.6 Å². The molecule has 0 spiro atoms. The molecule has 0 saturated carbocycles. The van der Waals surface area contributed by atoms with Gasteiger partial charge in [-0.25, -0.2) is 0 Å². The Labute approximate surface area is 170 Å². The number of alkyl halides is 3. The molecule has 1 aromatic carbocycles. The van der Waals surface area contributed by atoms with Crippen molar-refractivity contribution in [1.29, 1.82) is 0 Å². The molecule has 1 amide bonds. The molecule has 0 heterocycles. The van der Waals surface area contributed by atoms with Gasteiger partial charge >= 0.3 is 12.1 Å². The van der Waals surface area contributed by atoms with Gasteiger partial charge in [0.15, 0.2) is 0 Å². The highest BCUT2D eigenvalue weighted by molar-refractivity contribution is 8.00. The first-order chi connectivity index (χ1) is 13.3. The lowest BCUT2D eigenvalue weighted by atomic mass is 10.0. The van der Waals surface area contributed by atoms with Crippen LogP contribution < -0.4 is 0 Å². The van der Waals surface area contributed by atoms with E-state index in [1.807, 2.05) is 0 Å². The summed E-state index contributed by atoms with van der Waals surface area (Å²) >= 11 is 0.575. The third kappa shape index (κ3) is 6.09. The summed E-state index contributed by atoms with van der Waals surface area (Å²) in [6.45, 7) is 6.42. The number of amides is 1. The van der Waals surface area contributed by atoms with Crippen molar-refractivity contribution in [1.82, 2.24) is 4.90 Å². The maximum atomic E-state index is 13.6. The summed E-state index contributed by atoms with van der Waals surface area (Å²) in [6.07, 6.45) is -4.42. The number of thioether (sulfide) groups is 1. The molecule has 0 aliphatic heterocycles. The molecule has 0 N–H and O–H groups in total. The molecule has 0 aliphatic rings. The van der Waals surface area contributed by atoms with Crippen molar-refractivity contribution < 1.29 is 32.4 Å². The lowest BCUT2D eigenvalue weighted by molar-refractivity contribution is -0.387. The SMILES string of the molecule is CCOC(=O)C(C)Sc1cc(C(F)(F)F)c(C(=O)N(C)[C@H](C)CC)cc1[N+](=O)[O-]. The lowest BCUT2D eigenvalue weighted by Crippen LogP contribution is -2.35. The number of ether oxygens (including phenoxy) is 1. The summed E-state index contributed by atoms with van der Waals surface area (Å²) in [7, 11) is 1.34. The zero-order chi connectivity index (χ0) is 22.5. The highest BCUT2D eigenvalue weighted by Gasteiger charge is 2.39. The van der Waals surface area contributed by atoms with E-state index in [4.69, 9.17) is 4.74 Å². The standard InChI is InChI=1S/C18H23F3N2O5S/c1-6-10(3)22(5)16(24)12-8-14(23(26)27)15(9-13(12)18(19,20)21)29-11(4)17(25)28-7-2/h8-11H,6-7H2,1-5H3/t10-,11?/m1/s1. The van der Waals surface area contributed by atoms with Crippen LogP contribution in [-0.2, 0) is 15.7 Å². The molecule has 0 aromatic heterocycles. The van der Waals surface area contributed by atoms with Crippen LogP contribution in [0.1, 0.15) is 50.0 Å². The highest BCUT2D eigenvalue weighted by atomic mass is 32.2. The first kappa shape index (κ1) is 24.7. The molecular weight excluding hydrogens is 413 g/mol. The predicted octanol–water partition coefficient (Wildman–Crippen LogP) is 4.53. The molecule has 0 saturated heterocycles. The van der Waals surface area contributed by atoms with Gasteiger partial charge in [-0.15, -0.1) is 11.8 Å². The Morgan fingerprint density at radius 2 is 1.86 bits per heavy atom. The smallest absolute Gasteiger partial charge is 0.417 e. The largest absolute Gasteiger partial charge is 0.465 e. The first-order valence-corrected chi connectivity index (χ1v) is 9.73. The number of nitro benzene ring substituents is 1. The second kappa shape index (κ2) is 9.95. The van der Waals surface area contributed by atoms with Crippen molar-refractivity contribution in [2.45, 2.75) is 56.5 Å². The molecule has 0 aliphatic carbocycles. The number of carbonyl (C=O) groups excluding carboxylic acids is 2. The molecule has 162 valence electrons. The molecule has 0 radical (unpaired) electrons. The van der Waals surface area contributed by atoms with Crippen molar-refractivity contribution >= 4 is 29.3 Å². The average molecular weight is 436 g/mol. The molecule has 1 rings (SSSR count). The van der Waals surface area contributed by atoms with Crippen LogP contribution in [0.3, 0.4) is 0 Å². The van der Waals surface area contributed by atoms with Gasteiger partial charge in [0.05, 0.1) is 27.6 Å². The maximum Gasteiger partial charge on any atom is 0.417 e. The number of hydrogen-bond acceptors (Lipinski definition) is 6. The van der Waals surface area contributed by atoms with E-state index in [1.165, 1.54) is 14.0 Å². The Morgan fingerprint density at radius 1 is 1.28 bits per heavy atom. The Kier molecular flexibility index (Phi) is 8.49. The van der Waals surface area contributed by atoms with Crippen molar-refractivity contribution in [3.8, 4) is 0 Å². The highest BCUT2D eigenvalue weighted by Crippen LogP contribution is 2.41. The van der Waals surface area contributed by atoms with Gasteiger partial charge < -0.3 is 9.64 Å². The second-order valence-electron chi connectivity index (χ2n) is 6.31. The summed E-state index contributed by atoms with van der Waals surface area (Å²) in [6, 6.07) is 0.820. The molecule has 1 unspecified atom stereocenters. The second-order valence-corrected chi connectivity index (χ2v) is 7.69. The van der Waals surface area contributed by atoms with E-state index in [-0.39, 0.29) is 17.5 Å². The van der Waals surface area contributed by atoms with E-state index in [1.54, 1.807) is 20.8 Å². The molecule has 29 heavy (non-hydrogen) atoms. The van der Waals surface area contributed by atoms with Crippen LogP contribution in [0.4, 0.5) is 18.9 Å². The van der Waals surface area contributed by atoms with Gasteiger partial charge in [-0.05, 0) is 33.3 Å². The summed E-state index contributed by atoms with van der Waals surface area (Å²) in [5.74, 6) is -1.68. The Bertz CT molecular complexity index is 785. The minimum absolute atomic E-state index is 0.0645. The van der Waals surface area contributed by atoms with Gasteiger partial charge in [0.25, 0.3) is 11.6 Å². The molecule has 2 atom stereocenters. The van der Waals surface area contributed by atoms with E-state index in [0.29, 0.717) is 30.3 Å². The van der Waals surface area contributed by atoms with Gasteiger partial charge in [0, 0.05) is 19.2 Å². The van der Waals surface area contributed by atoms with Crippen LogP contribution in [0.25, 0.3) is 0 Å². The maximum absolute atomic E-state index is 13.6. The fraction of sp³-hybridized carbons (Fsp3) is 0.556. The number of esters is 1. The van der Waals surface area contributed by atoms with Gasteiger partial charge in [-0.3, -0.25) is 19.7 Å². The summed E-state index contributed by atoms with van der Waals surface area (Å²) < 4.78 is 45.7. The predicted molar refractivity (Wildman–Crippen MR) is 102 cm³/mol. The Morgan fingerprint density at radius 3 is 2.31 bits per heavy atom. The van der Waals surface area contributed by atoms with Crippen LogP contribution in [0.15, 0.2) is 17.0 Å². The monoisotopic (exact) mass is 436 g/mol. The summed E-state index contributed by atoms with van der Waals surface area (Å²) in [5.41, 5.74) is -2.78.